The molecule has 1 aromatic heterocycles. The minimum absolute atomic E-state index is 1.04. The Morgan fingerprint density at radius 2 is 0.571 bits per heavy atom. The van der Waals surface area contributed by atoms with Crippen molar-refractivity contribution in [3.63, 3.8) is 0 Å². The Morgan fingerprint density at radius 3 is 1.06 bits per heavy atom. The average Bonchev–Trinajstić information content (AvgIpc) is 3.84. The van der Waals surface area contributed by atoms with Crippen molar-refractivity contribution in [2.75, 3.05) is 9.80 Å². The number of benzene rings is 13. The van der Waals surface area contributed by atoms with Crippen molar-refractivity contribution < 1.29 is 0 Å². The molecule has 0 atom stereocenters. The van der Waals surface area contributed by atoms with Gasteiger partial charge < -0.3 is 14.4 Å². The number of nitrogens with zero attached hydrogens (tertiary/aromatic N) is 3. The van der Waals surface area contributed by atoms with Gasteiger partial charge in [-0.25, -0.2) is 0 Å². The minimum Gasteiger partial charge on any atom is -0.310 e. The van der Waals surface area contributed by atoms with Crippen LogP contribution < -0.4 is 9.80 Å². The van der Waals surface area contributed by atoms with Crippen LogP contribution in [-0.2, 0) is 0 Å². The maximum Gasteiger partial charge on any atom is 0.0541 e. The van der Waals surface area contributed by atoms with E-state index < -0.39 is 0 Å². The van der Waals surface area contributed by atoms with Gasteiger partial charge in [0.25, 0.3) is 0 Å². The summed E-state index contributed by atoms with van der Waals surface area (Å²) in [7, 11) is 0. The number of hydrogen-bond donors (Lipinski definition) is 0. The molecule has 362 valence electrons. The molecule has 14 rings (SSSR count). The normalized spacial score (nSPS) is 11.4. The Kier molecular flexibility index (Phi) is 11.5. The number of aromatic nitrogens is 1. The van der Waals surface area contributed by atoms with Crippen LogP contribution in [-0.4, -0.2) is 4.57 Å². The molecule has 77 heavy (non-hydrogen) atoms. The van der Waals surface area contributed by atoms with Gasteiger partial charge in [-0.15, -0.1) is 0 Å². The molecule has 3 nitrogen and oxygen atoms in total. The molecule has 1 heterocycles. The lowest BCUT2D eigenvalue weighted by Crippen LogP contribution is -2.14. The predicted octanol–water partition coefficient (Wildman–Crippen LogP) is 20.7. The van der Waals surface area contributed by atoms with Gasteiger partial charge in [-0.05, 0) is 163 Å². The molecule has 0 saturated carbocycles. The first-order valence-electron chi connectivity index (χ1n) is 26.4. The van der Waals surface area contributed by atoms with Gasteiger partial charge in [0, 0.05) is 50.6 Å². The Bertz CT molecular complexity index is 4230. The van der Waals surface area contributed by atoms with Crippen LogP contribution in [0.5, 0.6) is 0 Å². The molecular weight excluding hydrogens is 931 g/mol. The summed E-state index contributed by atoms with van der Waals surface area (Å²) < 4.78 is 2.41. The molecule has 0 saturated heterocycles. The first kappa shape index (κ1) is 45.4. The van der Waals surface area contributed by atoms with Gasteiger partial charge in [-0.1, -0.05) is 212 Å². The Labute approximate surface area is 449 Å². The molecule has 0 bridgehead atoms. The maximum atomic E-state index is 2.43. The molecule has 0 amide bonds. The van der Waals surface area contributed by atoms with Crippen molar-refractivity contribution in [1.82, 2.24) is 4.57 Å². The molecule has 0 spiro atoms. The molecule has 0 aliphatic carbocycles. The fourth-order valence-electron chi connectivity index (χ4n) is 11.3. The van der Waals surface area contributed by atoms with Crippen molar-refractivity contribution in [2.24, 2.45) is 0 Å². The van der Waals surface area contributed by atoms with Crippen LogP contribution in [0.25, 0.3) is 93.5 Å². The molecule has 0 radical (unpaired) electrons. The third-order valence-corrected chi connectivity index (χ3v) is 15.1. The second-order valence-corrected chi connectivity index (χ2v) is 19.8. The third-order valence-electron chi connectivity index (χ3n) is 15.1. The fourth-order valence-corrected chi connectivity index (χ4v) is 11.3. The van der Waals surface area contributed by atoms with E-state index in [2.05, 4.69) is 324 Å². The Morgan fingerprint density at radius 1 is 0.195 bits per heavy atom. The molecule has 14 aromatic rings. The monoisotopic (exact) mass is 981 g/mol. The van der Waals surface area contributed by atoms with Crippen molar-refractivity contribution >= 4 is 77.5 Å². The molecule has 0 unspecified atom stereocenters. The van der Waals surface area contributed by atoms with Crippen molar-refractivity contribution in [1.29, 1.82) is 0 Å². The van der Waals surface area contributed by atoms with E-state index in [1.54, 1.807) is 0 Å². The summed E-state index contributed by atoms with van der Waals surface area (Å²) in [4.78, 5) is 4.85. The van der Waals surface area contributed by atoms with E-state index in [0.29, 0.717) is 0 Å². The predicted molar refractivity (Wildman–Crippen MR) is 327 cm³/mol. The fraction of sp³-hybridized carbons (Fsp3) is 0. The van der Waals surface area contributed by atoms with E-state index in [-0.39, 0.29) is 0 Å². The quantitative estimate of drug-likeness (QED) is 0.128. The summed E-state index contributed by atoms with van der Waals surface area (Å²) in [5.41, 5.74) is 19.1. The van der Waals surface area contributed by atoms with Crippen molar-refractivity contribution in [3.8, 4) is 50.2 Å². The maximum absolute atomic E-state index is 2.43. The SMILES string of the molecule is c1ccc(-c2ccc(N(c3cc(-c4ccc5c(c4)c4ccccc4n5-c4ccc(-c5ccccc5)cc4)cc(N(c4ccc(-c5ccccc5)cc4)c4ccc5ccccc5c4)c3)c3ccc4ccccc4c3)cc2)cc1. The summed E-state index contributed by atoms with van der Waals surface area (Å²) in [6, 6.07) is 113. The lowest BCUT2D eigenvalue weighted by atomic mass is 9.99. The molecule has 0 aliphatic rings. The van der Waals surface area contributed by atoms with Gasteiger partial charge in [0.05, 0.1) is 11.0 Å². The highest BCUT2D eigenvalue weighted by molar-refractivity contribution is 6.11. The van der Waals surface area contributed by atoms with Crippen molar-refractivity contribution in [3.05, 3.63) is 309 Å². The molecule has 0 N–H and O–H groups in total. The van der Waals surface area contributed by atoms with E-state index in [4.69, 9.17) is 0 Å². The molecule has 13 aromatic carbocycles. The first-order valence-corrected chi connectivity index (χ1v) is 26.4. The van der Waals surface area contributed by atoms with Crippen molar-refractivity contribution in [2.45, 2.75) is 0 Å². The number of fused-ring (bicyclic) bond motifs is 5. The molecule has 0 fully saturated rings. The minimum atomic E-state index is 1.04. The third kappa shape index (κ3) is 8.66. The van der Waals surface area contributed by atoms with E-state index in [1.807, 2.05) is 0 Å². The zero-order chi connectivity index (χ0) is 51.1. The van der Waals surface area contributed by atoms with Crippen LogP contribution in [0.15, 0.2) is 309 Å². The summed E-state index contributed by atoms with van der Waals surface area (Å²) >= 11 is 0. The van der Waals surface area contributed by atoms with Gasteiger partial charge in [-0.2, -0.15) is 0 Å². The highest BCUT2D eigenvalue weighted by atomic mass is 15.2. The van der Waals surface area contributed by atoms with E-state index in [1.165, 1.54) is 71.2 Å². The average molecular weight is 982 g/mol. The Balaban J connectivity index is 0.994. The van der Waals surface area contributed by atoms with Gasteiger partial charge in [0.15, 0.2) is 0 Å². The van der Waals surface area contributed by atoms with Gasteiger partial charge in [0.2, 0.25) is 0 Å². The number of hydrogen-bond acceptors (Lipinski definition) is 2. The van der Waals surface area contributed by atoms with E-state index >= 15 is 0 Å². The van der Waals surface area contributed by atoms with Crippen LogP contribution in [0, 0.1) is 0 Å². The molecule has 3 heteroatoms. The summed E-state index contributed by atoms with van der Waals surface area (Å²) in [5, 5.41) is 7.17. The Hall–Kier alpha value is -10.2. The summed E-state index contributed by atoms with van der Waals surface area (Å²) in [6.45, 7) is 0. The van der Waals surface area contributed by atoms with Crippen LogP contribution in [0.3, 0.4) is 0 Å². The highest BCUT2D eigenvalue weighted by Gasteiger charge is 2.22. The molecule has 0 aliphatic heterocycles. The lowest BCUT2D eigenvalue weighted by Gasteiger charge is -2.31. The van der Waals surface area contributed by atoms with Crippen LogP contribution in [0.4, 0.5) is 34.1 Å². The zero-order valence-electron chi connectivity index (χ0n) is 42.3. The number of anilines is 6. The largest absolute Gasteiger partial charge is 0.310 e. The van der Waals surface area contributed by atoms with E-state index in [0.717, 1.165) is 56.5 Å². The smallest absolute Gasteiger partial charge is 0.0541 e. The summed E-state index contributed by atoms with van der Waals surface area (Å²) in [5.74, 6) is 0. The second kappa shape index (κ2) is 19.6. The number of para-hydroxylation sites is 1. The molecular formula is C74H51N3. The first-order chi connectivity index (χ1) is 38.1. The number of rotatable bonds is 11. The van der Waals surface area contributed by atoms with Gasteiger partial charge >= 0.3 is 0 Å². The second-order valence-electron chi connectivity index (χ2n) is 19.8. The standard InChI is InChI=1S/C74H51N3/c1-4-16-52(17-5-1)57-28-37-64(38-29-57)75(67-43-34-55-22-10-12-24-60(55)46-67)69-48-63(62-36-45-74-72(50-62)71-26-14-15-27-73(71)77(74)66-41-32-59(33-42-66)54-20-8-3-9-21-54)49-70(51-69)76(68-44-35-56-23-11-13-25-61(56)47-68)65-39-30-58(31-40-65)53-18-6-2-7-19-53/h1-51H. The lowest BCUT2D eigenvalue weighted by molar-refractivity contribution is 1.18. The van der Waals surface area contributed by atoms with Crippen LogP contribution in [0.2, 0.25) is 0 Å². The van der Waals surface area contributed by atoms with Gasteiger partial charge in [0.1, 0.15) is 0 Å². The summed E-state index contributed by atoms with van der Waals surface area (Å²) in [6.07, 6.45) is 0. The topological polar surface area (TPSA) is 11.4 Å². The van der Waals surface area contributed by atoms with Gasteiger partial charge in [-0.3, -0.25) is 0 Å². The van der Waals surface area contributed by atoms with E-state index in [9.17, 15) is 0 Å². The van der Waals surface area contributed by atoms with Crippen LogP contribution >= 0.6 is 0 Å². The zero-order valence-corrected chi connectivity index (χ0v) is 42.3. The van der Waals surface area contributed by atoms with Crippen LogP contribution in [0.1, 0.15) is 0 Å². The highest BCUT2D eigenvalue weighted by Crippen LogP contribution is 2.46.